The molecule has 2 N–H and O–H groups in total. The Morgan fingerprint density at radius 2 is 1.83 bits per heavy atom. The second-order valence-electron chi connectivity index (χ2n) is 11.1. The van der Waals surface area contributed by atoms with Crippen LogP contribution in [0.1, 0.15) is 37.8 Å². The van der Waals surface area contributed by atoms with Crippen LogP contribution in [-0.4, -0.2) is 85.4 Å². The Bertz CT molecular complexity index is 1060. The summed E-state index contributed by atoms with van der Waals surface area (Å²) in [6, 6.07) is 19.1. The summed E-state index contributed by atoms with van der Waals surface area (Å²) in [5.41, 5.74) is 1.43. The number of hydrogen-bond acceptors (Lipinski definition) is 6. The molecule has 3 atom stereocenters. The van der Waals surface area contributed by atoms with E-state index in [1.54, 1.807) is 14.0 Å². The lowest BCUT2D eigenvalue weighted by Crippen LogP contribution is -2.65. The van der Waals surface area contributed by atoms with Gasteiger partial charge in [0.15, 0.2) is 0 Å². The van der Waals surface area contributed by atoms with Crippen molar-refractivity contribution in [2.24, 2.45) is 5.92 Å². The summed E-state index contributed by atoms with van der Waals surface area (Å²) < 4.78 is 5.39. The molecule has 2 aromatic carbocycles. The van der Waals surface area contributed by atoms with Gasteiger partial charge in [-0.05, 0) is 50.6 Å². The van der Waals surface area contributed by atoms with Crippen molar-refractivity contribution in [3.63, 3.8) is 0 Å². The number of likely N-dealkylation sites (N-methyl/N-ethyl adjacent to an activating group) is 1. The van der Waals surface area contributed by atoms with Gasteiger partial charge in [-0.2, -0.15) is 0 Å². The molecule has 3 aliphatic rings. The summed E-state index contributed by atoms with van der Waals surface area (Å²) in [5.74, 6) is 1.22. The molecule has 0 spiro atoms. The van der Waals surface area contributed by atoms with Gasteiger partial charge in [-0.15, -0.1) is 0 Å². The van der Waals surface area contributed by atoms with Crippen molar-refractivity contribution in [3.05, 3.63) is 60.2 Å². The number of aliphatic hydroxyl groups is 1. The number of likely N-dealkylation sites (tertiary alicyclic amines) is 2. The van der Waals surface area contributed by atoms with Crippen LogP contribution in [0.25, 0.3) is 0 Å². The number of ether oxygens (including phenoxy) is 1. The highest BCUT2D eigenvalue weighted by molar-refractivity contribution is 5.74. The summed E-state index contributed by atoms with van der Waals surface area (Å²) in [6.07, 6.45) is 2.45. The van der Waals surface area contributed by atoms with Crippen LogP contribution in [-0.2, 0) is 4.79 Å². The maximum Gasteiger partial charge on any atom is 0.217 e. The zero-order valence-corrected chi connectivity index (χ0v) is 21.8. The average Bonchev–Trinajstić information content (AvgIpc) is 3.14. The lowest BCUT2D eigenvalue weighted by molar-refractivity contribution is -0.122. The normalized spacial score (nSPS) is 28.5. The fourth-order valence-electron chi connectivity index (χ4n) is 7.03. The summed E-state index contributed by atoms with van der Waals surface area (Å²) in [5, 5.41) is 15.0. The Balaban J connectivity index is 1.27. The van der Waals surface area contributed by atoms with Crippen LogP contribution < -0.4 is 15.0 Å². The first kappa shape index (κ1) is 25.1. The lowest BCUT2D eigenvalue weighted by atomic mass is 9.75. The SMILES string of the molecule is COc1cccc(N2CCC(O)(CN3CC[C@@H]4[C@@H](c5ccccc5)N(C)C[C@]4(NC(C)=O)C3)CC2)c1. The number of benzene rings is 2. The molecule has 194 valence electrons. The van der Waals surface area contributed by atoms with Crippen molar-refractivity contribution in [1.29, 1.82) is 0 Å². The van der Waals surface area contributed by atoms with Gasteiger partial charge in [-0.3, -0.25) is 14.6 Å². The number of rotatable bonds is 6. The minimum absolute atomic E-state index is 0.0225. The van der Waals surface area contributed by atoms with Gasteiger partial charge in [0.1, 0.15) is 5.75 Å². The second kappa shape index (κ2) is 10.0. The number of nitrogens with zero attached hydrogens (tertiary/aromatic N) is 3. The summed E-state index contributed by atoms with van der Waals surface area (Å²) in [6.45, 7) is 6.42. The minimum Gasteiger partial charge on any atom is -0.497 e. The monoisotopic (exact) mass is 492 g/mol. The lowest BCUT2D eigenvalue weighted by Gasteiger charge is -2.49. The molecule has 1 amide bonds. The number of piperidine rings is 2. The number of methoxy groups -OCH3 is 1. The first-order chi connectivity index (χ1) is 17.3. The maximum atomic E-state index is 12.4. The number of nitrogens with one attached hydrogen (secondary N) is 1. The summed E-state index contributed by atoms with van der Waals surface area (Å²) in [4.78, 5) is 19.5. The van der Waals surface area contributed by atoms with Gasteiger partial charge >= 0.3 is 0 Å². The van der Waals surface area contributed by atoms with Crippen molar-refractivity contribution >= 4 is 11.6 Å². The van der Waals surface area contributed by atoms with Gasteiger partial charge in [0.25, 0.3) is 0 Å². The molecular weight excluding hydrogens is 452 g/mol. The van der Waals surface area contributed by atoms with Crippen LogP contribution in [0.4, 0.5) is 5.69 Å². The van der Waals surface area contributed by atoms with E-state index in [9.17, 15) is 9.90 Å². The second-order valence-corrected chi connectivity index (χ2v) is 11.1. The summed E-state index contributed by atoms with van der Waals surface area (Å²) in [7, 11) is 3.86. The third kappa shape index (κ3) is 4.97. The van der Waals surface area contributed by atoms with Crippen LogP contribution >= 0.6 is 0 Å². The van der Waals surface area contributed by atoms with Crippen LogP contribution in [0, 0.1) is 5.92 Å². The Labute approximate surface area is 215 Å². The number of carbonyl (C=O) groups excluding carboxylic acids is 1. The van der Waals surface area contributed by atoms with E-state index in [2.05, 4.69) is 69.5 Å². The number of hydrogen-bond donors (Lipinski definition) is 2. The number of β-amino-alcohol motifs (C(OH)–C–C–N with tert-alkyl or cyclic N) is 1. The van der Waals surface area contributed by atoms with Crippen molar-refractivity contribution in [1.82, 2.24) is 15.1 Å². The van der Waals surface area contributed by atoms with Gasteiger partial charge in [0, 0.05) is 63.4 Å². The third-order valence-corrected chi connectivity index (χ3v) is 8.56. The van der Waals surface area contributed by atoms with Gasteiger partial charge < -0.3 is 20.1 Å². The molecule has 0 saturated carbocycles. The highest BCUT2D eigenvalue weighted by atomic mass is 16.5. The molecule has 2 aromatic rings. The highest BCUT2D eigenvalue weighted by Gasteiger charge is 2.55. The fourth-order valence-corrected chi connectivity index (χ4v) is 7.03. The number of amides is 1. The van der Waals surface area contributed by atoms with E-state index in [1.807, 2.05) is 12.1 Å². The predicted octanol–water partition coefficient (Wildman–Crippen LogP) is 2.91. The topological polar surface area (TPSA) is 68.3 Å². The zero-order valence-electron chi connectivity index (χ0n) is 21.8. The molecule has 3 heterocycles. The van der Waals surface area contributed by atoms with E-state index in [4.69, 9.17) is 4.74 Å². The van der Waals surface area contributed by atoms with Crippen LogP contribution in [0.3, 0.4) is 0 Å². The van der Waals surface area contributed by atoms with E-state index in [-0.39, 0.29) is 17.5 Å². The Morgan fingerprint density at radius 3 is 2.53 bits per heavy atom. The number of carbonyl (C=O) groups is 1. The van der Waals surface area contributed by atoms with Gasteiger partial charge in [-0.25, -0.2) is 0 Å². The van der Waals surface area contributed by atoms with E-state index in [0.29, 0.717) is 12.5 Å². The first-order valence-electron chi connectivity index (χ1n) is 13.2. The molecule has 3 saturated heterocycles. The molecule has 36 heavy (non-hydrogen) atoms. The van der Waals surface area contributed by atoms with E-state index >= 15 is 0 Å². The number of anilines is 1. The maximum absolute atomic E-state index is 12.4. The largest absolute Gasteiger partial charge is 0.497 e. The highest BCUT2D eigenvalue weighted by Crippen LogP contribution is 2.47. The zero-order chi connectivity index (χ0) is 25.3. The third-order valence-electron chi connectivity index (χ3n) is 8.56. The molecule has 3 aliphatic heterocycles. The molecule has 0 unspecified atom stereocenters. The van der Waals surface area contributed by atoms with Gasteiger partial charge in [-0.1, -0.05) is 36.4 Å². The molecule has 0 aromatic heterocycles. The molecule has 5 rings (SSSR count). The Morgan fingerprint density at radius 1 is 1.08 bits per heavy atom. The smallest absolute Gasteiger partial charge is 0.217 e. The van der Waals surface area contributed by atoms with Gasteiger partial charge in [0.2, 0.25) is 5.91 Å². The predicted molar refractivity (Wildman–Crippen MR) is 142 cm³/mol. The standard InChI is InChI=1S/C29H40N4O3/c1-22(34)30-29-20-31(2)27(23-8-5-4-6-9-23)26(29)12-15-32(21-29)19-28(35)13-16-33(17-14-28)24-10-7-11-25(18-24)36-3/h4-11,18,26-27,35H,12-17,19-21H2,1-3H3,(H,30,34)/t26-,27-,29+/m1/s1. The Hall–Kier alpha value is -2.61. The van der Waals surface area contributed by atoms with E-state index < -0.39 is 5.60 Å². The average molecular weight is 493 g/mol. The molecule has 7 nitrogen and oxygen atoms in total. The van der Waals surface area contributed by atoms with Crippen molar-refractivity contribution in [2.75, 3.05) is 58.3 Å². The number of fused-ring (bicyclic) bond motifs is 1. The quantitative estimate of drug-likeness (QED) is 0.647. The van der Waals surface area contributed by atoms with Crippen molar-refractivity contribution in [2.45, 2.75) is 43.4 Å². The fraction of sp³-hybridized carbons (Fsp3) is 0.552. The van der Waals surface area contributed by atoms with Crippen LogP contribution in [0.5, 0.6) is 5.75 Å². The van der Waals surface area contributed by atoms with Crippen molar-refractivity contribution < 1.29 is 14.6 Å². The summed E-state index contributed by atoms with van der Waals surface area (Å²) >= 11 is 0. The van der Waals surface area contributed by atoms with E-state index in [0.717, 1.165) is 63.4 Å². The molecule has 3 fully saturated rings. The molecular formula is C29H40N4O3. The Kier molecular flexibility index (Phi) is 6.99. The van der Waals surface area contributed by atoms with Crippen LogP contribution in [0.2, 0.25) is 0 Å². The van der Waals surface area contributed by atoms with Crippen LogP contribution in [0.15, 0.2) is 54.6 Å². The first-order valence-corrected chi connectivity index (χ1v) is 13.2. The van der Waals surface area contributed by atoms with Gasteiger partial charge in [0.05, 0.1) is 18.2 Å². The minimum atomic E-state index is -0.719. The molecule has 0 bridgehead atoms. The molecule has 0 aliphatic carbocycles. The van der Waals surface area contributed by atoms with Crippen molar-refractivity contribution in [3.8, 4) is 5.75 Å². The van der Waals surface area contributed by atoms with E-state index in [1.165, 1.54) is 5.56 Å². The molecule has 7 heteroatoms. The molecule has 0 radical (unpaired) electrons.